The number of ether oxygens (including phenoxy) is 1. The Bertz CT molecular complexity index is 304. The summed E-state index contributed by atoms with van der Waals surface area (Å²) in [6, 6.07) is 2.05. The zero-order valence-corrected chi connectivity index (χ0v) is 13.2. The summed E-state index contributed by atoms with van der Waals surface area (Å²) in [6.45, 7) is 4.97. The van der Waals surface area contributed by atoms with Crippen LogP contribution in [0.1, 0.15) is 18.9 Å². The smallest absolute Gasteiger partial charge is 0.188 e. The number of rotatable bonds is 7. The van der Waals surface area contributed by atoms with Crippen LogP contribution < -0.4 is 11.1 Å². The molecule has 0 aliphatic rings. The lowest BCUT2D eigenvalue weighted by atomic mass is 10.3. The number of hydrogen-bond donors (Lipinski definition) is 2. The molecule has 0 aliphatic carbocycles. The number of hydrogen-bond acceptors (Lipinski definition) is 3. The molecule has 0 saturated heterocycles. The molecule has 0 unspecified atom stereocenters. The van der Waals surface area contributed by atoms with Gasteiger partial charge < -0.3 is 15.8 Å². The molecule has 98 valence electrons. The van der Waals surface area contributed by atoms with E-state index in [1.54, 1.807) is 11.3 Å². The summed E-state index contributed by atoms with van der Waals surface area (Å²) >= 11 is 1.67. The van der Waals surface area contributed by atoms with Crippen LogP contribution in [0.2, 0.25) is 0 Å². The molecule has 1 aromatic rings. The Balaban J connectivity index is 0.00000256. The molecule has 0 amide bonds. The molecule has 1 rings (SSSR count). The molecule has 0 fully saturated rings. The molecule has 0 spiro atoms. The summed E-state index contributed by atoms with van der Waals surface area (Å²) < 4.78 is 5.21. The second-order valence-electron chi connectivity index (χ2n) is 3.31. The number of nitrogens with two attached hydrogens (primary N) is 1. The third kappa shape index (κ3) is 8.39. The molecule has 0 aliphatic heterocycles. The molecular weight excluding hydrogens is 349 g/mol. The summed E-state index contributed by atoms with van der Waals surface area (Å²) in [6.07, 6.45) is 0.947. The fourth-order valence-electron chi connectivity index (χ4n) is 1.15. The van der Waals surface area contributed by atoms with Gasteiger partial charge in [0.2, 0.25) is 0 Å². The zero-order chi connectivity index (χ0) is 11.6. The Morgan fingerprint density at radius 1 is 1.59 bits per heavy atom. The maximum atomic E-state index is 5.71. The first-order chi connectivity index (χ1) is 7.83. The molecule has 4 nitrogen and oxygen atoms in total. The van der Waals surface area contributed by atoms with Crippen molar-refractivity contribution < 1.29 is 4.74 Å². The lowest BCUT2D eigenvalue weighted by Gasteiger charge is -2.05. The maximum Gasteiger partial charge on any atom is 0.188 e. The minimum absolute atomic E-state index is 0. The Morgan fingerprint density at radius 2 is 2.41 bits per heavy atom. The van der Waals surface area contributed by atoms with Crippen molar-refractivity contribution in [2.24, 2.45) is 10.7 Å². The van der Waals surface area contributed by atoms with Crippen molar-refractivity contribution in [1.82, 2.24) is 5.32 Å². The van der Waals surface area contributed by atoms with Crippen LogP contribution in [0.5, 0.6) is 0 Å². The molecule has 0 atom stereocenters. The quantitative estimate of drug-likeness (QED) is 0.335. The Morgan fingerprint density at radius 3 is 3.06 bits per heavy atom. The molecule has 0 saturated carbocycles. The maximum absolute atomic E-state index is 5.71. The highest BCUT2D eigenvalue weighted by Crippen LogP contribution is 2.06. The van der Waals surface area contributed by atoms with E-state index in [9.17, 15) is 0 Å². The van der Waals surface area contributed by atoms with Gasteiger partial charge in [0.05, 0.1) is 6.54 Å². The summed E-state index contributed by atoms with van der Waals surface area (Å²) in [7, 11) is 0. The first-order valence-corrected chi connectivity index (χ1v) is 6.39. The molecule has 3 N–H and O–H groups in total. The molecule has 1 heterocycles. The summed E-state index contributed by atoms with van der Waals surface area (Å²) in [5.41, 5.74) is 6.90. The molecule has 17 heavy (non-hydrogen) atoms. The Kier molecular flexibility index (Phi) is 10.6. The van der Waals surface area contributed by atoms with Gasteiger partial charge in [0, 0.05) is 19.8 Å². The summed E-state index contributed by atoms with van der Waals surface area (Å²) in [5, 5.41) is 7.17. The number of thiophene rings is 1. The fourth-order valence-corrected chi connectivity index (χ4v) is 1.81. The van der Waals surface area contributed by atoms with Crippen molar-refractivity contribution >= 4 is 41.3 Å². The normalized spacial score (nSPS) is 11.0. The van der Waals surface area contributed by atoms with Crippen molar-refractivity contribution in [1.29, 1.82) is 0 Å². The van der Waals surface area contributed by atoms with Crippen LogP contribution >= 0.6 is 35.3 Å². The average molecular weight is 369 g/mol. The zero-order valence-electron chi connectivity index (χ0n) is 10.0. The molecule has 0 radical (unpaired) electrons. The number of guanidine groups is 1. The van der Waals surface area contributed by atoms with E-state index in [0.717, 1.165) is 26.2 Å². The van der Waals surface area contributed by atoms with Gasteiger partial charge in [0.25, 0.3) is 0 Å². The number of aliphatic imine (C=N–C) groups is 1. The fraction of sp³-hybridized carbons (Fsp3) is 0.545. The predicted molar refractivity (Wildman–Crippen MR) is 84.2 cm³/mol. The van der Waals surface area contributed by atoms with Crippen LogP contribution in [-0.4, -0.2) is 25.7 Å². The lowest BCUT2D eigenvalue weighted by molar-refractivity contribution is 0.145. The number of halogens is 1. The molecule has 0 bridgehead atoms. The predicted octanol–water partition coefficient (Wildman–Crippen LogP) is 2.20. The van der Waals surface area contributed by atoms with E-state index in [2.05, 4.69) is 21.8 Å². The Labute approximate surface area is 124 Å². The van der Waals surface area contributed by atoms with Gasteiger partial charge >= 0.3 is 0 Å². The third-order valence-electron chi connectivity index (χ3n) is 1.99. The van der Waals surface area contributed by atoms with Crippen LogP contribution in [0.25, 0.3) is 0 Å². The van der Waals surface area contributed by atoms with Crippen molar-refractivity contribution in [2.45, 2.75) is 19.9 Å². The molecule has 1 aromatic heterocycles. The SMILES string of the molecule is CCOCCCNC(N)=NCc1ccsc1.I. The second-order valence-corrected chi connectivity index (χ2v) is 4.09. The van der Waals surface area contributed by atoms with Gasteiger partial charge in [-0.3, -0.25) is 0 Å². The first kappa shape index (κ1) is 16.7. The van der Waals surface area contributed by atoms with E-state index in [1.165, 1.54) is 5.56 Å². The molecule has 0 aromatic carbocycles. The highest BCUT2D eigenvalue weighted by Gasteiger charge is 1.93. The largest absolute Gasteiger partial charge is 0.382 e. The topological polar surface area (TPSA) is 59.6 Å². The monoisotopic (exact) mass is 369 g/mol. The third-order valence-corrected chi connectivity index (χ3v) is 2.72. The van der Waals surface area contributed by atoms with Crippen molar-refractivity contribution in [3.63, 3.8) is 0 Å². The minimum Gasteiger partial charge on any atom is -0.382 e. The van der Waals surface area contributed by atoms with E-state index in [4.69, 9.17) is 10.5 Å². The lowest BCUT2D eigenvalue weighted by Crippen LogP contribution is -2.32. The van der Waals surface area contributed by atoms with Gasteiger partial charge in [-0.15, -0.1) is 24.0 Å². The van der Waals surface area contributed by atoms with Crippen molar-refractivity contribution in [3.05, 3.63) is 22.4 Å². The van der Waals surface area contributed by atoms with Gasteiger partial charge in [-0.1, -0.05) is 0 Å². The van der Waals surface area contributed by atoms with Gasteiger partial charge in [-0.25, -0.2) is 4.99 Å². The highest BCUT2D eigenvalue weighted by atomic mass is 127. The highest BCUT2D eigenvalue weighted by molar-refractivity contribution is 14.0. The molecular formula is C11H20IN3OS. The van der Waals surface area contributed by atoms with E-state index in [0.29, 0.717) is 12.5 Å². The Hall–Kier alpha value is -0.340. The van der Waals surface area contributed by atoms with Gasteiger partial charge in [-0.2, -0.15) is 11.3 Å². The average Bonchev–Trinajstić information content (AvgIpc) is 2.79. The number of nitrogens with zero attached hydrogens (tertiary/aromatic N) is 1. The van der Waals surface area contributed by atoms with Crippen LogP contribution in [-0.2, 0) is 11.3 Å². The molecule has 6 heteroatoms. The van der Waals surface area contributed by atoms with Gasteiger partial charge in [0.15, 0.2) is 5.96 Å². The van der Waals surface area contributed by atoms with Gasteiger partial charge in [0.1, 0.15) is 0 Å². The van der Waals surface area contributed by atoms with Crippen molar-refractivity contribution in [2.75, 3.05) is 19.8 Å². The van der Waals surface area contributed by atoms with E-state index in [-0.39, 0.29) is 24.0 Å². The van der Waals surface area contributed by atoms with Crippen LogP contribution in [0, 0.1) is 0 Å². The van der Waals surface area contributed by atoms with Crippen LogP contribution in [0.4, 0.5) is 0 Å². The van der Waals surface area contributed by atoms with Crippen LogP contribution in [0.3, 0.4) is 0 Å². The van der Waals surface area contributed by atoms with E-state index < -0.39 is 0 Å². The van der Waals surface area contributed by atoms with Crippen molar-refractivity contribution in [3.8, 4) is 0 Å². The summed E-state index contributed by atoms with van der Waals surface area (Å²) in [4.78, 5) is 4.23. The van der Waals surface area contributed by atoms with E-state index >= 15 is 0 Å². The van der Waals surface area contributed by atoms with Crippen LogP contribution in [0.15, 0.2) is 21.8 Å². The second kappa shape index (κ2) is 10.8. The minimum atomic E-state index is 0. The van der Waals surface area contributed by atoms with Gasteiger partial charge in [-0.05, 0) is 35.7 Å². The standard InChI is InChI=1S/C11H19N3OS.HI/c1-2-15-6-3-5-13-11(12)14-8-10-4-7-16-9-10;/h4,7,9H,2-3,5-6,8H2,1H3,(H3,12,13,14);1H. The summed E-state index contributed by atoms with van der Waals surface area (Å²) in [5.74, 6) is 0.502. The van der Waals surface area contributed by atoms with E-state index in [1.807, 2.05) is 12.3 Å². The first-order valence-electron chi connectivity index (χ1n) is 5.45. The number of nitrogens with one attached hydrogen (secondary N) is 1.